The summed E-state index contributed by atoms with van der Waals surface area (Å²) in [6.45, 7) is 0.261. The molecule has 0 aliphatic heterocycles. The van der Waals surface area contributed by atoms with Gasteiger partial charge in [0.1, 0.15) is 6.61 Å². The third-order valence-corrected chi connectivity index (χ3v) is 3.01. The summed E-state index contributed by atoms with van der Waals surface area (Å²) in [5.41, 5.74) is 1.23. The fraction of sp³-hybridized carbons (Fsp3) is 0.200. The maximum atomic E-state index is 9.17. The van der Waals surface area contributed by atoms with Crippen LogP contribution in [0.3, 0.4) is 0 Å². The highest BCUT2D eigenvalue weighted by Gasteiger charge is 2.13. The van der Waals surface area contributed by atoms with Crippen LogP contribution in [-0.2, 0) is 6.61 Å². The van der Waals surface area contributed by atoms with Gasteiger partial charge in [0.2, 0.25) is 5.75 Å². The van der Waals surface area contributed by atoms with Crippen LogP contribution in [0.15, 0.2) is 42.5 Å². The molecule has 0 atom stereocenters. The molecule has 5 nitrogen and oxygen atoms in total. The summed E-state index contributed by atoms with van der Waals surface area (Å²) in [5, 5.41) is 18.3. The smallest absolute Gasteiger partial charge is 0.488 e. The Labute approximate surface area is 123 Å². The second kappa shape index (κ2) is 7.01. The van der Waals surface area contributed by atoms with E-state index in [9.17, 15) is 10.0 Å². The van der Waals surface area contributed by atoms with Crippen molar-refractivity contribution in [2.75, 3.05) is 14.2 Å². The summed E-state index contributed by atoms with van der Waals surface area (Å²) in [4.78, 5) is 0. The Bertz CT molecular complexity index is 578. The molecule has 0 fully saturated rings. The molecule has 0 heterocycles. The molecular formula is C15H17BO5. The summed E-state index contributed by atoms with van der Waals surface area (Å²) in [6, 6.07) is 12.3. The largest absolute Gasteiger partial charge is 0.493 e. The van der Waals surface area contributed by atoms with Crippen molar-refractivity contribution in [3.05, 3.63) is 48.0 Å². The first-order valence-electron chi connectivity index (χ1n) is 6.44. The summed E-state index contributed by atoms with van der Waals surface area (Å²) < 4.78 is 16.3. The molecule has 0 amide bonds. The van der Waals surface area contributed by atoms with Crippen LogP contribution in [0.25, 0.3) is 0 Å². The average molecular weight is 288 g/mol. The molecule has 2 rings (SSSR count). The number of rotatable bonds is 6. The van der Waals surface area contributed by atoms with E-state index >= 15 is 0 Å². The van der Waals surface area contributed by atoms with Crippen LogP contribution in [0.4, 0.5) is 0 Å². The molecule has 0 aliphatic rings. The van der Waals surface area contributed by atoms with E-state index in [1.807, 2.05) is 12.1 Å². The van der Waals surface area contributed by atoms with Gasteiger partial charge in [-0.1, -0.05) is 30.3 Å². The third kappa shape index (κ3) is 3.68. The van der Waals surface area contributed by atoms with Crippen molar-refractivity contribution in [1.82, 2.24) is 0 Å². The Morgan fingerprint density at radius 3 is 2.14 bits per heavy atom. The van der Waals surface area contributed by atoms with Gasteiger partial charge in [-0.15, -0.1) is 0 Å². The van der Waals surface area contributed by atoms with Crippen LogP contribution in [0, 0.1) is 0 Å². The van der Waals surface area contributed by atoms with Crippen LogP contribution in [0.1, 0.15) is 5.56 Å². The predicted octanol–water partition coefficient (Wildman–Crippen LogP) is 0.963. The van der Waals surface area contributed by atoms with Crippen LogP contribution < -0.4 is 19.7 Å². The van der Waals surface area contributed by atoms with E-state index in [1.165, 1.54) is 0 Å². The number of methoxy groups -OCH3 is 2. The fourth-order valence-corrected chi connectivity index (χ4v) is 1.96. The first kappa shape index (κ1) is 15.2. The monoisotopic (exact) mass is 288 g/mol. The van der Waals surface area contributed by atoms with Gasteiger partial charge in [0.15, 0.2) is 11.5 Å². The van der Waals surface area contributed by atoms with E-state index in [-0.39, 0.29) is 6.61 Å². The lowest BCUT2D eigenvalue weighted by Gasteiger charge is -2.14. The van der Waals surface area contributed by atoms with Crippen LogP contribution in [0.5, 0.6) is 17.2 Å². The van der Waals surface area contributed by atoms with Crippen molar-refractivity contribution in [3.63, 3.8) is 0 Å². The zero-order valence-electron chi connectivity index (χ0n) is 11.9. The molecule has 0 aliphatic carbocycles. The second-order valence-corrected chi connectivity index (χ2v) is 4.40. The second-order valence-electron chi connectivity index (χ2n) is 4.40. The maximum Gasteiger partial charge on any atom is 0.488 e. The first-order chi connectivity index (χ1) is 10.2. The van der Waals surface area contributed by atoms with Crippen molar-refractivity contribution in [2.24, 2.45) is 0 Å². The average Bonchev–Trinajstić information content (AvgIpc) is 2.52. The van der Waals surface area contributed by atoms with Crippen LogP contribution >= 0.6 is 0 Å². The highest BCUT2D eigenvalue weighted by molar-refractivity contribution is 6.58. The van der Waals surface area contributed by atoms with Gasteiger partial charge < -0.3 is 24.3 Å². The van der Waals surface area contributed by atoms with Gasteiger partial charge in [0, 0.05) is 0 Å². The minimum atomic E-state index is -1.49. The minimum absolute atomic E-state index is 0.261. The van der Waals surface area contributed by atoms with Gasteiger partial charge in [0.25, 0.3) is 0 Å². The van der Waals surface area contributed by atoms with Crippen LogP contribution in [-0.4, -0.2) is 31.4 Å². The SMILES string of the molecule is COc1cccc(OC)c1OCc1cccc(B(O)O)c1. The summed E-state index contributed by atoms with van der Waals surface area (Å²) in [7, 11) is 1.63. The maximum absolute atomic E-state index is 9.17. The topological polar surface area (TPSA) is 68.2 Å². The summed E-state index contributed by atoms with van der Waals surface area (Å²) in [5.74, 6) is 1.66. The summed E-state index contributed by atoms with van der Waals surface area (Å²) >= 11 is 0. The molecule has 110 valence electrons. The highest BCUT2D eigenvalue weighted by Crippen LogP contribution is 2.37. The minimum Gasteiger partial charge on any atom is -0.493 e. The number of hydrogen-bond donors (Lipinski definition) is 2. The molecule has 2 N–H and O–H groups in total. The van der Waals surface area contributed by atoms with Crippen molar-refractivity contribution in [3.8, 4) is 17.2 Å². The summed E-state index contributed by atoms with van der Waals surface area (Å²) in [6.07, 6.45) is 0. The Balaban J connectivity index is 2.18. The zero-order chi connectivity index (χ0) is 15.2. The molecule has 0 spiro atoms. The van der Waals surface area contributed by atoms with Gasteiger partial charge in [-0.25, -0.2) is 0 Å². The van der Waals surface area contributed by atoms with Gasteiger partial charge in [-0.2, -0.15) is 0 Å². The highest BCUT2D eigenvalue weighted by atomic mass is 16.5. The molecule has 0 saturated heterocycles. The molecule has 0 unspecified atom stereocenters. The molecular weight excluding hydrogens is 271 g/mol. The lowest BCUT2D eigenvalue weighted by atomic mass is 9.80. The van der Waals surface area contributed by atoms with E-state index in [0.717, 1.165) is 5.56 Å². The lowest BCUT2D eigenvalue weighted by molar-refractivity contribution is 0.266. The van der Waals surface area contributed by atoms with E-state index in [0.29, 0.717) is 22.7 Å². The fourth-order valence-electron chi connectivity index (χ4n) is 1.96. The molecule has 0 saturated carbocycles. The number of hydrogen-bond acceptors (Lipinski definition) is 5. The zero-order valence-corrected chi connectivity index (χ0v) is 11.9. The standard InChI is InChI=1S/C15H17BO5/c1-19-13-7-4-8-14(20-2)15(13)21-10-11-5-3-6-12(9-11)16(17)18/h3-9,17-18H,10H2,1-2H3. The van der Waals surface area contributed by atoms with E-state index < -0.39 is 7.12 Å². The van der Waals surface area contributed by atoms with Gasteiger partial charge in [-0.3, -0.25) is 0 Å². The van der Waals surface area contributed by atoms with Gasteiger partial charge >= 0.3 is 7.12 Å². The molecule has 2 aromatic carbocycles. The normalized spacial score (nSPS) is 10.1. The van der Waals surface area contributed by atoms with Crippen molar-refractivity contribution >= 4 is 12.6 Å². The Kier molecular flexibility index (Phi) is 5.08. The molecule has 0 aromatic heterocycles. The Morgan fingerprint density at radius 1 is 0.952 bits per heavy atom. The Morgan fingerprint density at radius 2 is 1.57 bits per heavy atom. The molecule has 21 heavy (non-hydrogen) atoms. The van der Waals surface area contributed by atoms with Crippen molar-refractivity contribution in [2.45, 2.75) is 6.61 Å². The van der Waals surface area contributed by atoms with Crippen LogP contribution in [0.2, 0.25) is 0 Å². The molecule has 6 heteroatoms. The molecule has 2 aromatic rings. The van der Waals surface area contributed by atoms with Crippen molar-refractivity contribution in [1.29, 1.82) is 0 Å². The van der Waals surface area contributed by atoms with E-state index in [4.69, 9.17) is 14.2 Å². The van der Waals surface area contributed by atoms with E-state index in [2.05, 4.69) is 0 Å². The molecule has 0 radical (unpaired) electrons. The van der Waals surface area contributed by atoms with E-state index in [1.54, 1.807) is 44.6 Å². The quantitative estimate of drug-likeness (QED) is 0.775. The molecule has 0 bridgehead atoms. The van der Waals surface area contributed by atoms with Crippen molar-refractivity contribution < 1.29 is 24.3 Å². The Hall–Kier alpha value is -2.18. The number of para-hydroxylation sites is 1. The number of ether oxygens (including phenoxy) is 3. The van der Waals surface area contributed by atoms with Gasteiger partial charge in [-0.05, 0) is 23.2 Å². The lowest BCUT2D eigenvalue weighted by Crippen LogP contribution is -2.29. The van der Waals surface area contributed by atoms with Gasteiger partial charge in [0.05, 0.1) is 14.2 Å². The first-order valence-corrected chi connectivity index (χ1v) is 6.44. The predicted molar refractivity (Wildman–Crippen MR) is 80.1 cm³/mol. The third-order valence-electron chi connectivity index (χ3n) is 3.01. The number of benzene rings is 2.